The Morgan fingerprint density at radius 2 is 1.90 bits per heavy atom. The molecule has 0 unspecified atom stereocenters. The minimum absolute atomic E-state index is 0.0670. The van der Waals surface area contributed by atoms with Crippen LogP contribution in [0.2, 0.25) is 0 Å². The first-order valence-corrected chi connectivity index (χ1v) is 7.66. The maximum absolute atomic E-state index is 12.4. The highest BCUT2D eigenvalue weighted by molar-refractivity contribution is 7.13. The first kappa shape index (κ1) is 13.8. The van der Waals surface area contributed by atoms with Crippen LogP contribution in [-0.2, 0) is 0 Å². The van der Waals surface area contributed by atoms with Crippen molar-refractivity contribution in [3.63, 3.8) is 0 Å². The molecule has 1 amide bonds. The molecule has 1 aromatic carbocycles. The zero-order valence-electron chi connectivity index (χ0n) is 11.5. The molecule has 0 atom stereocenters. The molecule has 21 heavy (non-hydrogen) atoms. The summed E-state index contributed by atoms with van der Waals surface area (Å²) in [6, 6.07) is 7.20. The van der Waals surface area contributed by atoms with Crippen molar-refractivity contribution in [1.82, 2.24) is 9.88 Å². The molecule has 0 bridgehead atoms. The molecule has 1 fully saturated rings. The molecule has 7 heteroatoms. The van der Waals surface area contributed by atoms with Crippen LogP contribution in [0.3, 0.4) is 0 Å². The Hall–Kier alpha value is -2.12. The Labute approximate surface area is 127 Å². The molecular formula is C14H17N5OS. The fourth-order valence-corrected chi connectivity index (χ4v) is 3.06. The summed E-state index contributed by atoms with van der Waals surface area (Å²) in [5, 5.41) is 3.00. The average molecular weight is 303 g/mol. The monoisotopic (exact) mass is 303 g/mol. The predicted molar refractivity (Wildman–Crippen MR) is 84.5 cm³/mol. The van der Waals surface area contributed by atoms with Crippen molar-refractivity contribution in [2.75, 3.05) is 36.5 Å². The number of hydrogen-bond acceptors (Lipinski definition) is 6. The molecule has 3 rings (SSSR count). The van der Waals surface area contributed by atoms with Crippen molar-refractivity contribution in [2.45, 2.75) is 0 Å². The SMILES string of the molecule is NNc1ccc(C(=O)N2CCN(c3nccs3)CC2)cc1. The third-order valence-electron chi connectivity index (χ3n) is 3.56. The number of amides is 1. The molecule has 1 aromatic heterocycles. The van der Waals surface area contributed by atoms with Crippen LogP contribution in [0.5, 0.6) is 0 Å². The Kier molecular flexibility index (Phi) is 4.03. The smallest absolute Gasteiger partial charge is 0.253 e. The van der Waals surface area contributed by atoms with Gasteiger partial charge >= 0.3 is 0 Å². The van der Waals surface area contributed by atoms with Gasteiger partial charge in [0.05, 0.1) is 0 Å². The number of piperazine rings is 1. The first-order valence-electron chi connectivity index (χ1n) is 6.78. The lowest BCUT2D eigenvalue weighted by molar-refractivity contribution is 0.0747. The van der Waals surface area contributed by atoms with Gasteiger partial charge in [0.1, 0.15) is 0 Å². The van der Waals surface area contributed by atoms with E-state index >= 15 is 0 Å². The number of nitrogens with one attached hydrogen (secondary N) is 1. The van der Waals surface area contributed by atoms with Crippen molar-refractivity contribution in [3.05, 3.63) is 41.4 Å². The molecule has 3 N–H and O–H groups in total. The molecule has 1 aliphatic rings. The lowest BCUT2D eigenvalue weighted by Gasteiger charge is -2.34. The van der Waals surface area contributed by atoms with E-state index in [0.29, 0.717) is 5.56 Å². The van der Waals surface area contributed by atoms with E-state index < -0.39 is 0 Å². The van der Waals surface area contributed by atoms with Gasteiger partial charge in [-0.05, 0) is 24.3 Å². The summed E-state index contributed by atoms with van der Waals surface area (Å²) in [6.07, 6.45) is 1.81. The van der Waals surface area contributed by atoms with Gasteiger partial charge in [0.15, 0.2) is 5.13 Å². The highest BCUT2D eigenvalue weighted by Gasteiger charge is 2.23. The van der Waals surface area contributed by atoms with Crippen LogP contribution in [0.15, 0.2) is 35.8 Å². The first-order chi connectivity index (χ1) is 10.3. The number of carbonyl (C=O) groups excluding carboxylic acids is 1. The minimum Gasteiger partial charge on any atom is -0.345 e. The van der Waals surface area contributed by atoms with Crippen molar-refractivity contribution in [2.24, 2.45) is 5.84 Å². The number of carbonyl (C=O) groups is 1. The van der Waals surface area contributed by atoms with Gasteiger partial charge in [-0.2, -0.15) is 0 Å². The van der Waals surface area contributed by atoms with E-state index in [4.69, 9.17) is 5.84 Å². The van der Waals surface area contributed by atoms with E-state index in [1.54, 1.807) is 35.6 Å². The number of hydrogen-bond donors (Lipinski definition) is 2. The minimum atomic E-state index is 0.0670. The highest BCUT2D eigenvalue weighted by Crippen LogP contribution is 2.20. The average Bonchev–Trinajstić information content (AvgIpc) is 3.09. The predicted octanol–water partition coefficient (Wildman–Crippen LogP) is 1.39. The number of nitrogen functional groups attached to an aromatic ring is 1. The van der Waals surface area contributed by atoms with Crippen LogP contribution in [-0.4, -0.2) is 42.0 Å². The van der Waals surface area contributed by atoms with Gasteiger partial charge in [0.25, 0.3) is 5.91 Å². The van der Waals surface area contributed by atoms with Crippen molar-refractivity contribution >= 4 is 28.1 Å². The Balaban J connectivity index is 1.62. The van der Waals surface area contributed by atoms with Crippen LogP contribution in [0.1, 0.15) is 10.4 Å². The Bertz CT molecular complexity index is 590. The van der Waals surface area contributed by atoms with Gasteiger partial charge in [-0.15, -0.1) is 11.3 Å². The number of nitrogens with zero attached hydrogens (tertiary/aromatic N) is 3. The van der Waals surface area contributed by atoms with Crippen molar-refractivity contribution in [3.8, 4) is 0 Å². The number of nitrogens with two attached hydrogens (primary N) is 1. The molecular weight excluding hydrogens is 286 g/mol. The second kappa shape index (κ2) is 6.11. The van der Waals surface area contributed by atoms with E-state index in [2.05, 4.69) is 15.3 Å². The number of aromatic nitrogens is 1. The number of thiazole rings is 1. The van der Waals surface area contributed by atoms with Crippen LogP contribution in [0.4, 0.5) is 10.8 Å². The number of hydrazine groups is 1. The summed E-state index contributed by atoms with van der Waals surface area (Å²) in [7, 11) is 0. The second-order valence-corrected chi connectivity index (χ2v) is 5.69. The van der Waals surface area contributed by atoms with Crippen molar-refractivity contribution in [1.29, 1.82) is 0 Å². The topological polar surface area (TPSA) is 74.5 Å². The normalized spacial score (nSPS) is 15.1. The lowest BCUT2D eigenvalue weighted by atomic mass is 10.1. The number of anilines is 2. The van der Waals surface area contributed by atoms with Crippen LogP contribution >= 0.6 is 11.3 Å². The third-order valence-corrected chi connectivity index (χ3v) is 4.39. The fraction of sp³-hybridized carbons (Fsp3) is 0.286. The Morgan fingerprint density at radius 1 is 1.19 bits per heavy atom. The number of rotatable bonds is 3. The van der Waals surface area contributed by atoms with Gasteiger partial charge in [-0.25, -0.2) is 4.98 Å². The molecule has 2 heterocycles. The summed E-state index contributed by atoms with van der Waals surface area (Å²) >= 11 is 1.63. The Morgan fingerprint density at radius 3 is 2.48 bits per heavy atom. The van der Waals surface area contributed by atoms with Crippen LogP contribution in [0, 0.1) is 0 Å². The van der Waals surface area contributed by atoms with Gasteiger partial charge in [-0.1, -0.05) is 0 Å². The van der Waals surface area contributed by atoms with Gasteiger partial charge in [0.2, 0.25) is 0 Å². The quantitative estimate of drug-likeness (QED) is 0.662. The molecule has 0 saturated carbocycles. The third kappa shape index (κ3) is 2.98. The second-order valence-electron chi connectivity index (χ2n) is 4.82. The molecule has 1 aliphatic heterocycles. The fourth-order valence-electron chi connectivity index (χ4n) is 2.36. The molecule has 0 radical (unpaired) electrons. The van der Waals surface area contributed by atoms with Gasteiger partial charge in [0, 0.05) is 49.0 Å². The van der Waals surface area contributed by atoms with Crippen molar-refractivity contribution < 1.29 is 4.79 Å². The standard InChI is InChI=1S/C14H17N5OS/c15-17-12-3-1-11(2-4-12)13(20)18-6-8-19(9-7-18)14-16-5-10-21-14/h1-5,10,17H,6-9,15H2. The van der Waals surface area contributed by atoms with Crippen LogP contribution < -0.4 is 16.2 Å². The van der Waals surface area contributed by atoms with Gasteiger partial charge in [-0.3, -0.25) is 10.6 Å². The lowest BCUT2D eigenvalue weighted by Crippen LogP contribution is -2.48. The largest absolute Gasteiger partial charge is 0.345 e. The summed E-state index contributed by atoms with van der Waals surface area (Å²) in [5.41, 5.74) is 4.04. The number of benzene rings is 1. The van der Waals surface area contributed by atoms with Gasteiger partial charge < -0.3 is 15.2 Å². The van der Waals surface area contributed by atoms with E-state index in [9.17, 15) is 4.79 Å². The van der Waals surface area contributed by atoms with E-state index in [-0.39, 0.29) is 5.91 Å². The van der Waals surface area contributed by atoms with E-state index in [1.807, 2.05) is 16.5 Å². The maximum Gasteiger partial charge on any atom is 0.253 e. The molecule has 0 aliphatic carbocycles. The highest BCUT2D eigenvalue weighted by atomic mass is 32.1. The zero-order valence-corrected chi connectivity index (χ0v) is 12.3. The molecule has 1 saturated heterocycles. The maximum atomic E-state index is 12.4. The summed E-state index contributed by atoms with van der Waals surface area (Å²) in [6.45, 7) is 3.08. The summed E-state index contributed by atoms with van der Waals surface area (Å²) in [4.78, 5) is 20.8. The van der Waals surface area contributed by atoms with E-state index in [0.717, 1.165) is 37.0 Å². The molecule has 2 aromatic rings. The summed E-state index contributed by atoms with van der Waals surface area (Å²) < 4.78 is 0. The summed E-state index contributed by atoms with van der Waals surface area (Å²) in [5.74, 6) is 5.39. The molecule has 0 spiro atoms. The van der Waals surface area contributed by atoms with Crippen LogP contribution in [0.25, 0.3) is 0 Å². The zero-order chi connectivity index (χ0) is 14.7. The molecule has 110 valence electrons. The molecule has 6 nitrogen and oxygen atoms in total. The van der Waals surface area contributed by atoms with E-state index in [1.165, 1.54) is 0 Å².